The number of likely N-dealkylation sites (tertiary alicyclic amines) is 2. The average molecular weight is 520 g/mol. The summed E-state index contributed by atoms with van der Waals surface area (Å²) in [4.78, 5) is 35.6. The minimum Gasteiger partial charge on any atom is -0.496 e. The lowest BCUT2D eigenvalue weighted by molar-refractivity contribution is -0.136. The number of nitrogens with zero attached hydrogens (tertiary/aromatic N) is 4. The van der Waals surface area contributed by atoms with Crippen molar-refractivity contribution >= 4 is 22.8 Å². The number of aryl methyl sites for hydroxylation is 1. The SMILES string of the molecule is COCCCn1c(C2CCCN(C(=O)[C@@H]3CN(C(=O)c4ccccc4OC)C[C@H]3N)C2)nc2ccccc21. The molecular weight excluding hydrogens is 482 g/mol. The van der Waals surface area contributed by atoms with Crippen LogP contribution in [0.4, 0.5) is 0 Å². The van der Waals surface area contributed by atoms with Crippen LogP contribution in [0.5, 0.6) is 5.75 Å². The number of piperidine rings is 1. The van der Waals surface area contributed by atoms with Crippen LogP contribution in [0.15, 0.2) is 48.5 Å². The third-order valence-corrected chi connectivity index (χ3v) is 7.82. The molecule has 202 valence electrons. The fourth-order valence-corrected chi connectivity index (χ4v) is 5.88. The van der Waals surface area contributed by atoms with Gasteiger partial charge in [0.05, 0.1) is 29.6 Å². The third-order valence-electron chi connectivity index (χ3n) is 7.82. The van der Waals surface area contributed by atoms with E-state index in [0.29, 0.717) is 44.1 Å². The number of carbonyl (C=O) groups excluding carboxylic acids is 2. The molecule has 2 aromatic carbocycles. The molecule has 1 aromatic heterocycles. The quantitative estimate of drug-likeness (QED) is 0.459. The largest absolute Gasteiger partial charge is 0.496 e. The van der Waals surface area contributed by atoms with Crippen molar-refractivity contribution in [3.63, 3.8) is 0 Å². The van der Waals surface area contributed by atoms with Gasteiger partial charge >= 0.3 is 0 Å². The van der Waals surface area contributed by atoms with Crippen molar-refractivity contribution in [2.24, 2.45) is 11.7 Å². The topological polar surface area (TPSA) is 103 Å². The first kappa shape index (κ1) is 26.2. The molecular formula is C29H37N5O4. The number of para-hydroxylation sites is 3. The molecule has 0 aliphatic carbocycles. The number of rotatable bonds is 8. The number of carbonyl (C=O) groups is 2. The average Bonchev–Trinajstić information content (AvgIpc) is 3.53. The maximum atomic E-state index is 13.7. The number of hydrogen-bond donors (Lipinski definition) is 1. The zero-order valence-electron chi connectivity index (χ0n) is 22.2. The first-order valence-electron chi connectivity index (χ1n) is 13.4. The Bertz CT molecular complexity index is 1290. The van der Waals surface area contributed by atoms with Crippen molar-refractivity contribution in [3.8, 4) is 5.75 Å². The van der Waals surface area contributed by atoms with Crippen molar-refractivity contribution in [1.82, 2.24) is 19.4 Å². The monoisotopic (exact) mass is 519 g/mol. The Labute approximate surface area is 223 Å². The summed E-state index contributed by atoms with van der Waals surface area (Å²) in [5.74, 6) is 1.14. The van der Waals surface area contributed by atoms with Gasteiger partial charge in [-0.1, -0.05) is 24.3 Å². The molecule has 0 radical (unpaired) electrons. The highest BCUT2D eigenvalue weighted by atomic mass is 16.5. The van der Waals surface area contributed by atoms with Gasteiger partial charge in [-0.25, -0.2) is 4.98 Å². The van der Waals surface area contributed by atoms with E-state index in [1.54, 1.807) is 31.3 Å². The van der Waals surface area contributed by atoms with Gasteiger partial charge in [0.15, 0.2) is 0 Å². The minimum absolute atomic E-state index is 0.0274. The van der Waals surface area contributed by atoms with Crippen LogP contribution in [0.2, 0.25) is 0 Å². The smallest absolute Gasteiger partial charge is 0.257 e. The Morgan fingerprint density at radius 2 is 1.82 bits per heavy atom. The van der Waals surface area contributed by atoms with E-state index in [-0.39, 0.29) is 17.7 Å². The van der Waals surface area contributed by atoms with E-state index >= 15 is 0 Å². The molecule has 0 bridgehead atoms. The van der Waals surface area contributed by atoms with Crippen molar-refractivity contribution < 1.29 is 19.1 Å². The van der Waals surface area contributed by atoms with Crippen LogP contribution < -0.4 is 10.5 Å². The summed E-state index contributed by atoms with van der Waals surface area (Å²) in [5.41, 5.74) is 9.03. The van der Waals surface area contributed by atoms with Gasteiger partial charge in [0.25, 0.3) is 5.91 Å². The van der Waals surface area contributed by atoms with Gasteiger partial charge in [-0.3, -0.25) is 9.59 Å². The highest BCUT2D eigenvalue weighted by molar-refractivity contribution is 5.97. The maximum absolute atomic E-state index is 13.7. The molecule has 3 heterocycles. The summed E-state index contributed by atoms with van der Waals surface area (Å²) in [6.45, 7) is 3.47. The Morgan fingerprint density at radius 3 is 2.63 bits per heavy atom. The third kappa shape index (κ3) is 5.13. The van der Waals surface area contributed by atoms with Gasteiger partial charge in [-0.15, -0.1) is 0 Å². The predicted molar refractivity (Wildman–Crippen MR) is 145 cm³/mol. The second kappa shape index (κ2) is 11.5. The zero-order valence-corrected chi connectivity index (χ0v) is 22.2. The molecule has 2 fully saturated rings. The molecule has 0 spiro atoms. The number of amides is 2. The first-order chi connectivity index (χ1) is 18.5. The summed E-state index contributed by atoms with van der Waals surface area (Å²) >= 11 is 0. The van der Waals surface area contributed by atoms with E-state index in [0.717, 1.165) is 42.7 Å². The van der Waals surface area contributed by atoms with Crippen LogP contribution in [0.3, 0.4) is 0 Å². The lowest BCUT2D eigenvalue weighted by atomic mass is 9.94. The molecule has 9 heteroatoms. The van der Waals surface area contributed by atoms with E-state index < -0.39 is 12.0 Å². The number of methoxy groups -OCH3 is 2. The van der Waals surface area contributed by atoms with Crippen molar-refractivity contribution in [2.45, 2.75) is 37.8 Å². The number of fused-ring (bicyclic) bond motifs is 1. The summed E-state index contributed by atoms with van der Waals surface area (Å²) in [6.07, 6.45) is 2.78. The molecule has 3 atom stereocenters. The molecule has 38 heavy (non-hydrogen) atoms. The van der Waals surface area contributed by atoms with Gasteiger partial charge in [0.2, 0.25) is 5.91 Å². The van der Waals surface area contributed by atoms with Crippen molar-refractivity contribution in [3.05, 3.63) is 59.9 Å². The fraction of sp³-hybridized carbons (Fsp3) is 0.483. The molecule has 2 saturated heterocycles. The highest BCUT2D eigenvalue weighted by Crippen LogP contribution is 2.32. The molecule has 2 N–H and O–H groups in total. The van der Waals surface area contributed by atoms with Gasteiger partial charge in [-0.2, -0.15) is 0 Å². The van der Waals surface area contributed by atoms with E-state index in [1.807, 2.05) is 35.2 Å². The van der Waals surface area contributed by atoms with Gasteiger partial charge < -0.3 is 29.6 Å². The number of hydrogen-bond acceptors (Lipinski definition) is 6. The molecule has 1 unspecified atom stereocenters. The number of nitrogens with two attached hydrogens (primary N) is 1. The van der Waals surface area contributed by atoms with Gasteiger partial charge in [-0.05, 0) is 43.5 Å². The van der Waals surface area contributed by atoms with Crippen molar-refractivity contribution in [2.75, 3.05) is 47.0 Å². The van der Waals surface area contributed by atoms with Crippen LogP contribution in [-0.2, 0) is 16.1 Å². The van der Waals surface area contributed by atoms with E-state index in [2.05, 4.69) is 10.6 Å². The van der Waals surface area contributed by atoms with Crippen LogP contribution in [0.25, 0.3) is 11.0 Å². The Morgan fingerprint density at radius 1 is 1.03 bits per heavy atom. The Hall–Kier alpha value is -3.43. The predicted octanol–water partition coefficient (Wildman–Crippen LogP) is 2.89. The summed E-state index contributed by atoms with van der Waals surface area (Å²) in [5, 5.41) is 0. The summed E-state index contributed by atoms with van der Waals surface area (Å²) in [6, 6.07) is 14.9. The van der Waals surface area contributed by atoms with Crippen LogP contribution >= 0.6 is 0 Å². The van der Waals surface area contributed by atoms with Crippen LogP contribution in [-0.4, -0.2) is 84.2 Å². The normalized spacial score (nSPS) is 21.7. The van der Waals surface area contributed by atoms with E-state index in [9.17, 15) is 9.59 Å². The maximum Gasteiger partial charge on any atom is 0.257 e. The highest BCUT2D eigenvalue weighted by Gasteiger charge is 2.41. The molecule has 2 aliphatic rings. The second-order valence-corrected chi connectivity index (χ2v) is 10.3. The number of ether oxygens (including phenoxy) is 2. The zero-order chi connectivity index (χ0) is 26.6. The van der Waals surface area contributed by atoms with Gasteiger partial charge in [0, 0.05) is 58.4 Å². The van der Waals surface area contributed by atoms with Crippen molar-refractivity contribution in [1.29, 1.82) is 0 Å². The fourth-order valence-electron chi connectivity index (χ4n) is 5.88. The second-order valence-electron chi connectivity index (χ2n) is 10.3. The molecule has 2 aliphatic heterocycles. The lowest BCUT2D eigenvalue weighted by Gasteiger charge is -2.35. The number of imidazole rings is 1. The molecule has 2 amide bonds. The molecule has 9 nitrogen and oxygen atoms in total. The van der Waals surface area contributed by atoms with Crippen LogP contribution in [0, 0.1) is 5.92 Å². The summed E-state index contributed by atoms with van der Waals surface area (Å²) in [7, 11) is 3.27. The van der Waals surface area contributed by atoms with E-state index in [1.165, 1.54) is 0 Å². The molecule has 0 saturated carbocycles. The van der Waals surface area contributed by atoms with Gasteiger partial charge in [0.1, 0.15) is 11.6 Å². The first-order valence-corrected chi connectivity index (χ1v) is 13.4. The van der Waals surface area contributed by atoms with E-state index in [4.69, 9.17) is 20.2 Å². The summed E-state index contributed by atoms with van der Waals surface area (Å²) < 4.78 is 12.9. The molecule has 5 rings (SSSR count). The minimum atomic E-state index is -0.423. The Kier molecular flexibility index (Phi) is 7.95. The lowest BCUT2D eigenvalue weighted by Crippen LogP contribution is -2.47. The Balaban J connectivity index is 1.31. The number of aromatic nitrogens is 2. The number of benzene rings is 2. The van der Waals surface area contributed by atoms with Crippen LogP contribution in [0.1, 0.15) is 41.4 Å². The molecule has 3 aromatic rings. The standard InChI is InChI=1S/C29H37N5O4/c1-37-16-8-15-34-25-12-5-4-11-24(25)31-27(34)20-9-7-14-32(17-20)29(36)22-18-33(19-23(22)30)28(35)21-10-3-6-13-26(21)38-2/h3-6,10-13,20,22-23H,7-9,14-19,30H2,1-2H3/t20?,22-,23-/m1/s1.